The average molecular weight is 420 g/mol. The van der Waals surface area contributed by atoms with Crippen molar-refractivity contribution in [2.45, 2.75) is 13.0 Å². The average Bonchev–Trinajstić information content (AvgIpc) is 3.10. The molecule has 1 N–H and O–H groups in total. The lowest BCUT2D eigenvalue weighted by atomic mass is 10.1. The number of hydrogen-bond acceptors (Lipinski definition) is 5. The first kappa shape index (κ1) is 20.7. The lowest BCUT2D eigenvalue weighted by Gasteiger charge is -2.14. The highest BCUT2D eigenvalue weighted by Gasteiger charge is 2.20. The number of halogens is 2. The smallest absolute Gasteiger partial charge is 0.284 e. The fourth-order valence-electron chi connectivity index (χ4n) is 2.74. The van der Waals surface area contributed by atoms with E-state index in [-0.39, 0.29) is 28.9 Å². The van der Waals surface area contributed by atoms with Crippen molar-refractivity contribution in [2.24, 2.45) is 7.05 Å². The summed E-state index contributed by atoms with van der Waals surface area (Å²) in [5.41, 5.74) is 0.195. The molecular weight excluding hydrogens is 401 g/mol. The highest BCUT2D eigenvalue weighted by atomic mass is 35.5. The fourth-order valence-corrected chi connectivity index (χ4v) is 2.86. The molecule has 1 amide bonds. The molecule has 0 spiro atoms. The molecule has 0 aliphatic rings. The molecule has 0 fully saturated rings. The molecule has 10 heteroatoms. The van der Waals surface area contributed by atoms with Crippen molar-refractivity contribution in [1.82, 2.24) is 24.9 Å². The number of aromatic nitrogens is 4. The Hall–Kier alpha value is -3.04. The molecule has 0 saturated carbocycles. The largest absolute Gasteiger partial charge is 0.383 e. The molecule has 2 heterocycles. The van der Waals surface area contributed by atoms with Crippen LogP contribution in [0.15, 0.2) is 41.5 Å². The normalized spacial score (nSPS) is 12.0. The maximum atomic E-state index is 14.0. The van der Waals surface area contributed by atoms with Gasteiger partial charge >= 0.3 is 0 Å². The minimum Gasteiger partial charge on any atom is -0.383 e. The molecule has 2 aromatic heterocycles. The van der Waals surface area contributed by atoms with Crippen molar-refractivity contribution in [3.05, 3.63) is 63.4 Å². The van der Waals surface area contributed by atoms with Gasteiger partial charge in [-0.3, -0.25) is 14.3 Å². The van der Waals surface area contributed by atoms with Crippen LogP contribution < -0.4 is 10.9 Å². The second-order valence-electron chi connectivity index (χ2n) is 6.49. The van der Waals surface area contributed by atoms with Crippen LogP contribution in [0.1, 0.15) is 17.3 Å². The van der Waals surface area contributed by atoms with Crippen LogP contribution >= 0.6 is 11.6 Å². The van der Waals surface area contributed by atoms with Gasteiger partial charge in [-0.25, -0.2) is 4.39 Å². The highest BCUT2D eigenvalue weighted by molar-refractivity contribution is 6.30. The van der Waals surface area contributed by atoms with E-state index in [1.165, 1.54) is 36.2 Å². The van der Waals surface area contributed by atoms with Gasteiger partial charge < -0.3 is 10.1 Å². The van der Waals surface area contributed by atoms with E-state index in [1.807, 2.05) is 0 Å². The number of benzene rings is 1. The molecule has 0 unspecified atom stereocenters. The second-order valence-corrected chi connectivity index (χ2v) is 6.90. The molecular formula is C19H19ClFN5O3. The Kier molecular flexibility index (Phi) is 6.09. The molecule has 3 rings (SSSR count). The summed E-state index contributed by atoms with van der Waals surface area (Å²) in [6, 6.07) is 5.14. The van der Waals surface area contributed by atoms with Crippen molar-refractivity contribution < 1.29 is 13.9 Å². The number of nitrogens with zero attached hydrogens (tertiary/aromatic N) is 4. The number of aryl methyl sites for hydroxylation is 1. The van der Waals surface area contributed by atoms with Crippen LogP contribution in [0.2, 0.25) is 5.02 Å². The van der Waals surface area contributed by atoms with E-state index in [1.54, 1.807) is 26.2 Å². The Bertz CT molecular complexity index is 1110. The van der Waals surface area contributed by atoms with Crippen LogP contribution in [0.3, 0.4) is 0 Å². The highest BCUT2D eigenvalue weighted by Crippen LogP contribution is 2.23. The lowest BCUT2D eigenvalue weighted by molar-refractivity contribution is 0.0903. The summed E-state index contributed by atoms with van der Waals surface area (Å²) in [6.07, 6.45) is 3.02. The van der Waals surface area contributed by atoms with E-state index < -0.39 is 17.3 Å². The van der Waals surface area contributed by atoms with Gasteiger partial charge in [0.25, 0.3) is 11.5 Å². The Morgan fingerprint density at radius 2 is 2.14 bits per heavy atom. The molecule has 3 aromatic rings. The summed E-state index contributed by atoms with van der Waals surface area (Å²) in [5.74, 6) is -1.22. The summed E-state index contributed by atoms with van der Waals surface area (Å²) in [5, 5.41) is 11.0. The molecule has 8 nitrogen and oxygen atoms in total. The Labute approximate surface area is 170 Å². The number of methoxy groups -OCH3 is 1. The Balaban J connectivity index is 2.15. The first-order valence-electron chi connectivity index (χ1n) is 8.68. The molecule has 0 radical (unpaired) electrons. The number of carbonyl (C=O) groups excluding carboxylic acids is 1. The Morgan fingerprint density at radius 1 is 1.38 bits per heavy atom. The lowest BCUT2D eigenvalue weighted by Crippen LogP contribution is -2.39. The Morgan fingerprint density at radius 3 is 2.76 bits per heavy atom. The molecule has 1 aromatic carbocycles. The minimum absolute atomic E-state index is 0.0410. The van der Waals surface area contributed by atoms with Crippen molar-refractivity contribution in [3.63, 3.8) is 0 Å². The van der Waals surface area contributed by atoms with Gasteiger partial charge in [0, 0.05) is 25.8 Å². The maximum absolute atomic E-state index is 14.0. The third kappa shape index (κ3) is 4.52. The first-order valence-corrected chi connectivity index (χ1v) is 9.06. The van der Waals surface area contributed by atoms with E-state index in [2.05, 4.69) is 15.5 Å². The van der Waals surface area contributed by atoms with E-state index in [4.69, 9.17) is 16.3 Å². The SMILES string of the molecule is COC[C@H](C)NC(=O)c1cc(-c2ccc(Cl)c(F)c2)nn(-c2cnn(C)c2)c1=O. The molecule has 0 saturated heterocycles. The van der Waals surface area contributed by atoms with Gasteiger partial charge in [-0.2, -0.15) is 14.9 Å². The summed E-state index contributed by atoms with van der Waals surface area (Å²) in [6.45, 7) is 2.03. The van der Waals surface area contributed by atoms with E-state index in [0.29, 0.717) is 11.3 Å². The second kappa shape index (κ2) is 8.54. The predicted molar refractivity (Wildman–Crippen MR) is 106 cm³/mol. The van der Waals surface area contributed by atoms with E-state index >= 15 is 0 Å². The van der Waals surface area contributed by atoms with Gasteiger partial charge in [0.15, 0.2) is 0 Å². The predicted octanol–water partition coefficient (Wildman–Crippen LogP) is 2.19. The maximum Gasteiger partial charge on any atom is 0.284 e. The van der Waals surface area contributed by atoms with Gasteiger partial charge in [0.05, 0.1) is 29.7 Å². The summed E-state index contributed by atoms with van der Waals surface area (Å²) in [7, 11) is 3.20. The van der Waals surface area contributed by atoms with E-state index in [0.717, 1.165) is 4.68 Å². The third-order valence-corrected chi connectivity index (χ3v) is 4.41. The van der Waals surface area contributed by atoms with Crippen LogP contribution in [0, 0.1) is 5.82 Å². The topological polar surface area (TPSA) is 91.0 Å². The minimum atomic E-state index is -0.634. The van der Waals surface area contributed by atoms with Crippen LogP contribution in [-0.4, -0.2) is 45.2 Å². The van der Waals surface area contributed by atoms with Crippen LogP contribution in [0.25, 0.3) is 16.9 Å². The summed E-state index contributed by atoms with van der Waals surface area (Å²) in [4.78, 5) is 25.7. The molecule has 0 aliphatic heterocycles. The monoisotopic (exact) mass is 419 g/mol. The molecule has 0 aliphatic carbocycles. The fraction of sp³-hybridized carbons (Fsp3) is 0.263. The van der Waals surface area contributed by atoms with Gasteiger partial charge in [-0.1, -0.05) is 17.7 Å². The molecule has 152 valence electrons. The van der Waals surface area contributed by atoms with Gasteiger partial charge in [-0.05, 0) is 25.1 Å². The number of hydrogen-bond donors (Lipinski definition) is 1. The zero-order valence-electron chi connectivity index (χ0n) is 16.0. The number of amides is 1. The quantitative estimate of drug-likeness (QED) is 0.661. The summed E-state index contributed by atoms with van der Waals surface area (Å²) >= 11 is 5.75. The van der Waals surface area contributed by atoms with Crippen molar-refractivity contribution >= 4 is 17.5 Å². The van der Waals surface area contributed by atoms with Crippen LogP contribution in [0.5, 0.6) is 0 Å². The number of nitrogens with one attached hydrogen (secondary N) is 1. The number of rotatable bonds is 6. The van der Waals surface area contributed by atoms with Crippen molar-refractivity contribution in [3.8, 4) is 16.9 Å². The standard InChI is InChI=1S/C19H19ClFN5O3/c1-11(10-29-3)23-18(27)14-7-17(12-4-5-15(20)16(21)6-12)24-26(19(14)28)13-8-22-25(2)9-13/h4-9,11H,10H2,1-3H3,(H,23,27)/t11-/m0/s1. The van der Waals surface area contributed by atoms with E-state index in [9.17, 15) is 14.0 Å². The molecule has 0 bridgehead atoms. The van der Waals surface area contributed by atoms with Gasteiger partial charge in [0.1, 0.15) is 17.1 Å². The summed E-state index contributed by atoms with van der Waals surface area (Å²) < 4.78 is 21.5. The van der Waals surface area contributed by atoms with Crippen LogP contribution in [-0.2, 0) is 11.8 Å². The number of ether oxygens (including phenoxy) is 1. The first-order chi connectivity index (χ1) is 13.8. The number of carbonyl (C=O) groups is 1. The van der Waals surface area contributed by atoms with Crippen molar-refractivity contribution in [2.75, 3.05) is 13.7 Å². The van der Waals surface area contributed by atoms with Gasteiger partial charge in [0.2, 0.25) is 0 Å². The zero-order chi connectivity index (χ0) is 21.1. The van der Waals surface area contributed by atoms with Gasteiger partial charge in [-0.15, -0.1) is 0 Å². The van der Waals surface area contributed by atoms with Crippen molar-refractivity contribution in [1.29, 1.82) is 0 Å². The molecule has 1 atom stereocenters. The third-order valence-electron chi connectivity index (χ3n) is 4.10. The molecule has 29 heavy (non-hydrogen) atoms. The van der Waals surface area contributed by atoms with Crippen LogP contribution in [0.4, 0.5) is 4.39 Å². The zero-order valence-corrected chi connectivity index (χ0v) is 16.8.